The molecular weight excluding hydrogens is 494 g/mol. The molecule has 0 aliphatic carbocycles. The van der Waals surface area contributed by atoms with Crippen molar-refractivity contribution in [3.63, 3.8) is 0 Å². The predicted molar refractivity (Wildman–Crippen MR) is 104 cm³/mol. The standard InChI is InChI=1S/C22H8BF9O3/c24-9-3-12-17(2-1-13(27)20(12)14(28)4-9)33-23(34-18-7-10(25)5-15(29)21(18)31)35-19-8-11(26)6-16(30)22(19)32/h1-8H. The van der Waals surface area contributed by atoms with Gasteiger partial charge in [0.05, 0.1) is 5.39 Å². The van der Waals surface area contributed by atoms with Gasteiger partial charge in [-0.2, -0.15) is 8.78 Å². The van der Waals surface area contributed by atoms with Crippen LogP contribution in [0.1, 0.15) is 0 Å². The van der Waals surface area contributed by atoms with Crippen LogP contribution in [-0.2, 0) is 0 Å². The van der Waals surface area contributed by atoms with Gasteiger partial charge in [-0.3, -0.25) is 0 Å². The van der Waals surface area contributed by atoms with E-state index >= 15 is 0 Å². The molecular formula is C22H8BF9O3. The average molecular weight is 502 g/mol. The lowest BCUT2D eigenvalue weighted by Crippen LogP contribution is -2.37. The van der Waals surface area contributed by atoms with E-state index in [1.54, 1.807) is 0 Å². The molecule has 4 aromatic rings. The van der Waals surface area contributed by atoms with Crippen LogP contribution >= 0.6 is 0 Å². The Balaban J connectivity index is 1.81. The highest BCUT2D eigenvalue weighted by atomic mass is 19.2. The Morgan fingerprint density at radius 3 is 1.46 bits per heavy atom. The smallest absolute Gasteiger partial charge is 0.489 e. The second-order valence-corrected chi connectivity index (χ2v) is 6.90. The molecule has 0 radical (unpaired) electrons. The maximum Gasteiger partial charge on any atom is 0.864 e. The van der Waals surface area contributed by atoms with Gasteiger partial charge in [0.1, 0.15) is 46.3 Å². The van der Waals surface area contributed by atoms with Crippen molar-refractivity contribution in [3.8, 4) is 17.2 Å². The van der Waals surface area contributed by atoms with Gasteiger partial charge in [0.2, 0.25) is 0 Å². The largest absolute Gasteiger partial charge is 0.864 e. The van der Waals surface area contributed by atoms with Crippen LogP contribution in [0, 0.1) is 52.4 Å². The first kappa shape index (κ1) is 24.1. The van der Waals surface area contributed by atoms with Gasteiger partial charge in [0, 0.05) is 35.7 Å². The van der Waals surface area contributed by atoms with E-state index in [-0.39, 0.29) is 12.1 Å². The summed E-state index contributed by atoms with van der Waals surface area (Å²) in [7, 11) is -2.47. The number of rotatable bonds is 6. The van der Waals surface area contributed by atoms with Gasteiger partial charge in [0.25, 0.3) is 0 Å². The van der Waals surface area contributed by atoms with Crippen molar-refractivity contribution in [2.75, 3.05) is 0 Å². The zero-order valence-corrected chi connectivity index (χ0v) is 16.8. The number of benzene rings is 4. The lowest BCUT2D eigenvalue weighted by Gasteiger charge is -2.19. The summed E-state index contributed by atoms with van der Waals surface area (Å²) in [6, 6.07) is 3.51. The first-order valence-electron chi connectivity index (χ1n) is 9.40. The maximum absolute atomic E-state index is 14.1. The Hall–Kier alpha value is -4.03. The molecule has 0 atom stereocenters. The summed E-state index contributed by atoms with van der Waals surface area (Å²) in [5.74, 6) is -16.2. The second kappa shape index (κ2) is 9.32. The monoisotopic (exact) mass is 502 g/mol. The van der Waals surface area contributed by atoms with Gasteiger partial charge in [0.15, 0.2) is 23.3 Å². The molecule has 4 rings (SSSR count). The van der Waals surface area contributed by atoms with Crippen molar-refractivity contribution in [1.29, 1.82) is 0 Å². The average Bonchev–Trinajstić information content (AvgIpc) is 2.76. The third kappa shape index (κ3) is 4.93. The number of hydrogen-bond donors (Lipinski definition) is 0. The van der Waals surface area contributed by atoms with Crippen molar-refractivity contribution < 1.29 is 53.5 Å². The van der Waals surface area contributed by atoms with Crippen molar-refractivity contribution >= 4 is 18.1 Å². The van der Waals surface area contributed by atoms with E-state index in [1.165, 1.54) is 0 Å². The van der Waals surface area contributed by atoms with Crippen molar-refractivity contribution in [2.45, 2.75) is 0 Å². The van der Waals surface area contributed by atoms with Crippen LogP contribution in [-0.4, -0.2) is 7.32 Å². The van der Waals surface area contributed by atoms with Gasteiger partial charge in [-0.1, -0.05) is 0 Å². The summed E-state index contributed by atoms with van der Waals surface area (Å²) in [6.45, 7) is 0. The lowest BCUT2D eigenvalue weighted by molar-refractivity contribution is 0.288. The Bertz CT molecular complexity index is 1390. The summed E-state index contributed by atoms with van der Waals surface area (Å²) in [5, 5.41) is -1.30. The van der Waals surface area contributed by atoms with Crippen LogP contribution in [0.5, 0.6) is 17.2 Å². The molecule has 0 spiro atoms. The van der Waals surface area contributed by atoms with Gasteiger partial charge >= 0.3 is 7.32 Å². The Kier molecular flexibility index (Phi) is 6.42. The lowest BCUT2D eigenvalue weighted by atomic mass is 10.1. The van der Waals surface area contributed by atoms with E-state index < -0.39 is 87.7 Å². The minimum atomic E-state index is -2.47. The molecule has 35 heavy (non-hydrogen) atoms. The van der Waals surface area contributed by atoms with Crippen molar-refractivity contribution in [2.24, 2.45) is 0 Å². The fraction of sp³-hybridized carbons (Fsp3) is 0. The summed E-state index contributed by atoms with van der Waals surface area (Å²) >= 11 is 0. The van der Waals surface area contributed by atoms with Crippen LogP contribution in [0.25, 0.3) is 10.8 Å². The molecule has 0 N–H and O–H groups in total. The molecule has 0 saturated heterocycles. The first-order chi connectivity index (χ1) is 16.5. The van der Waals surface area contributed by atoms with Crippen LogP contribution in [0.4, 0.5) is 39.5 Å². The van der Waals surface area contributed by atoms with Crippen LogP contribution in [0.3, 0.4) is 0 Å². The quantitative estimate of drug-likeness (QED) is 0.169. The number of hydrogen-bond acceptors (Lipinski definition) is 3. The zero-order valence-electron chi connectivity index (χ0n) is 16.8. The molecule has 0 aliphatic heterocycles. The molecule has 0 aromatic heterocycles. The highest BCUT2D eigenvalue weighted by molar-refractivity contribution is 6.39. The third-order valence-corrected chi connectivity index (χ3v) is 4.53. The molecule has 0 fully saturated rings. The van der Waals surface area contributed by atoms with E-state index in [0.29, 0.717) is 30.3 Å². The molecule has 0 heterocycles. The molecule has 0 saturated carbocycles. The van der Waals surface area contributed by atoms with Gasteiger partial charge < -0.3 is 14.0 Å². The molecule has 4 aromatic carbocycles. The number of fused-ring (bicyclic) bond motifs is 1. The van der Waals surface area contributed by atoms with E-state index in [0.717, 1.165) is 6.07 Å². The first-order valence-corrected chi connectivity index (χ1v) is 9.40. The van der Waals surface area contributed by atoms with Crippen molar-refractivity contribution in [3.05, 3.63) is 101 Å². The summed E-state index contributed by atoms with van der Waals surface area (Å²) in [5.41, 5.74) is 0. The summed E-state index contributed by atoms with van der Waals surface area (Å²) in [6.07, 6.45) is 0. The molecule has 0 aliphatic rings. The summed E-state index contributed by atoms with van der Waals surface area (Å²) < 4.78 is 140. The Labute approximate surface area is 190 Å². The third-order valence-electron chi connectivity index (χ3n) is 4.53. The Morgan fingerprint density at radius 1 is 0.457 bits per heavy atom. The maximum atomic E-state index is 14.1. The Morgan fingerprint density at radius 2 is 0.914 bits per heavy atom. The fourth-order valence-electron chi connectivity index (χ4n) is 3.05. The highest BCUT2D eigenvalue weighted by Gasteiger charge is 2.35. The molecule has 3 nitrogen and oxygen atoms in total. The molecule has 0 bridgehead atoms. The van der Waals surface area contributed by atoms with Crippen LogP contribution < -0.4 is 14.0 Å². The normalized spacial score (nSPS) is 11.0. The minimum Gasteiger partial charge on any atom is -0.489 e. The van der Waals surface area contributed by atoms with Crippen LogP contribution in [0.2, 0.25) is 0 Å². The molecule has 13 heteroatoms. The van der Waals surface area contributed by atoms with E-state index in [9.17, 15) is 39.5 Å². The van der Waals surface area contributed by atoms with E-state index in [4.69, 9.17) is 14.0 Å². The highest BCUT2D eigenvalue weighted by Crippen LogP contribution is 2.33. The van der Waals surface area contributed by atoms with Gasteiger partial charge in [-0.15, -0.1) is 0 Å². The van der Waals surface area contributed by atoms with E-state index in [2.05, 4.69) is 0 Å². The predicted octanol–water partition coefficient (Wildman–Crippen LogP) is 6.61. The minimum absolute atomic E-state index is 0.166. The van der Waals surface area contributed by atoms with Crippen molar-refractivity contribution in [1.82, 2.24) is 0 Å². The van der Waals surface area contributed by atoms with Gasteiger partial charge in [-0.25, -0.2) is 30.7 Å². The fourth-order valence-corrected chi connectivity index (χ4v) is 3.05. The SMILES string of the molecule is Fc1cc(F)c(F)c(OB(Oc2cc(F)cc(F)c2F)Oc2ccc(F)c3c(F)cc(F)cc23)c1. The number of halogens is 9. The summed E-state index contributed by atoms with van der Waals surface area (Å²) in [4.78, 5) is 0. The van der Waals surface area contributed by atoms with Gasteiger partial charge in [-0.05, 0) is 18.2 Å². The molecule has 180 valence electrons. The molecule has 0 amide bonds. The topological polar surface area (TPSA) is 27.7 Å². The van der Waals surface area contributed by atoms with E-state index in [1.807, 2.05) is 0 Å². The molecule has 0 unspecified atom stereocenters. The van der Waals surface area contributed by atoms with Crippen LogP contribution in [0.15, 0.2) is 48.5 Å². The zero-order chi connectivity index (χ0) is 25.4. The second-order valence-electron chi connectivity index (χ2n) is 6.90.